The van der Waals surface area contributed by atoms with Crippen molar-refractivity contribution in [3.05, 3.63) is 35.6 Å². The quantitative estimate of drug-likeness (QED) is 0.795. The van der Waals surface area contributed by atoms with Crippen LogP contribution in [0.1, 0.15) is 32.8 Å². The van der Waals surface area contributed by atoms with Gasteiger partial charge in [-0.25, -0.2) is 4.39 Å². The molecule has 0 aromatic heterocycles. The smallest absolute Gasteiger partial charge is 0.236 e. The van der Waals surface area contributed by atoms with Gasteiger partial charge < -0.3 is 10.6 Å². The van der Waals surface area contributed by atoms with Crippen LogP contribution in [0.3, 0.4) is 0 Å². The summed E-state index contributed by atoms with van der Waals surface area (Å²) in [6.07, 6.45) is 1.63. The van der Waals surface area contributed by atoms with Gasteiger partial charge in [-0.15, -0.1) is 0 Å². The van der Waals surface area contributed by atoms with Gasteiger partial charge in [0.25, 0.3) is 0 Å². The monoisotopic (exact) mass is 266 g/mol. The summed E-state index contributed by atoms with van der Waals surface area (Å²) in [5.74, 6) is -0.216. The Morgan fingerprint density at radius 2 is 2.11 bits per heavy atom. The molecule has 0 aliphatic rings. The number of nitrogens with one attached hydrogen (secondary N) is 2. The van der Waals surface area contributed by atoms with Gasteiger partial charge in [0.05, 0.1) is 6.04 Å². The van der Waals surface area contributed by atoms with Gasteiger partial charge in [0, 0.05) is 12.6 Å². The van der Waals surface area contributed by atoms with E-state index < -0.39 is 0 Å². The zero-order chi connectivity index (χ0) is 14.3. The maximum absolute atomic E-state index is 13.1. The van der Waals surface area contributed by atoms with Gasteiger partial charge in [-0.1, -0.05) is 19.1 Å². The number of carbonyl (C=O) groups excluding carboxylic acids is 1. The van der Waals surface area contributed by atoms with E-state index in [2.05, 4.69) is 10.6 Å². The number of amides is 1. The average molecular weight is 266 g/mol. The van der Waals surface area contributed by atoms with E-state index >= 15 is 0 Å². The van der Waals surface area contributed by atoms with Gasteiger partial charge in [-0.3, -0.25) is 4.79 Å². The minimum Gasteiger partial charge on any atom is -0.355 e. The lowest BCUT2D eigenvalue weighted by atomic mass is 10.1. The standard InChI is InChI=1S/C15H23FN2O/c1-4-8-17-15(19)12(3)18-11(2)9-13-6-5-7-14(16)10-13/h5-7,10-12,18H,4,8-9H2,1-3H3,(H,17,19). The van der Waals surface area contributed by atoms with Crippen molar-refractivity contribution in [3.8, 4) is 0 Å². The Kier molecular flexibility index (Phi) is 6.50. The molecule has 2 N–H and O–H groups in total. The van der Waals surface area contributed by atoms with Gasteiger partial charge >= 0.3 is 0 Å². The van der Waals surface area contributed by atoms with Crippen LogP contribution in [0.4, 0.5) is 4.39 Å². The Balaban J connectivity index is 2.42. The Morgan fingerprint density at radius 1 is 1.37 bits per heavy atom. The van der Waals surface area contributed by atoms with E-state index in [4.69, 9.17) is 0 Å². The fraction of sp³-hybridized carbons (Fsp3) is 0.533. The summed E-state index contributed by atoms with van der Waals surface area (Å²) in [4.78, 5) is 11.7. The second-order valence-electron chi connectivity index (χ2n) is 4.91. The largest absolute Gasteiger partial charge is 0.355 e. The molecule has 0 fully saturated rings. The minimum atomic E-state index is -0.241. The Morgan fingerprint density at radius 3 is 2.74 bits per heavy atom. The van der Waals surface area contributed by atoms with Gasteiger partial charge in [0.1, 0.15) is 5.82 Å². The summed E-state index contributed by atoms with van der Waals surface area (Å²) in [6, 6.07) is 6.43. The van der Waals surface area contributed by atoms with Crippen LogP contribution in [0.5, 0.6) is 0 Å². The molecular formula is C15H23FN2O. The van der Waals surface area contributed by atoms with Gasteiger partial charge in [0.2, 0.25) is 5.91 Å². The summed E-state index contributed by atoms with van der Waals surface area (Å²) in [6.45, 7) is 6.55. The van der Waals surface area contributed by atoms with Gasteiger partial charge in [-0.2, -0.15) is 0 Å². The summed E-state index contributed by atoms with van der Waals surface area (Å²) < 4.78 is 13.1. The molecule has 0 spiro atoms. The van der Waals surface area contributed by atoms with Crippen molar-refractivity contribution in [2.24, 2.45) is 0 Å². The van der Waals surface area contributed by atoms with Crippen molar-refractivity contribution >= 4 is 5.91 Å². The van der Waals surface area contributed by atoms with Crippen LogP contribution < -0.4 is 10.6 Å². The minimum absolute atomic E-state index is 0.00735. The molecule has 1 aromatic carbocycles. The molecule has 0 saturated carbocycles. The highest BCUT2D eigenvalue weighted by Crippen LogP contribution is 2.06. The van der Waals surface area contributed by atoms with Crippen LogP contribution in [-0.2, 0) is 11.2 Å². The Bertz CT molecular complexity index is 409. The second-order valence-corrected chi connectivity index (χ2v) is 4.91. The third-order valence-electron chi connectivity index (χ3n) is 2.91. The summed E-state index contributed by atoms with van der Waals surface area (Å²) in [5.41, 5.74) is 0.932. The number of halogens is 1. The molecular weight excluding hydrogens is 243 g/mol. The molecule has 0 heterocycles. The zero-order valence-corrected chi connectivity index (χ0v) is 11.9. The van der Waals surface area contributed by atoms with Crippen LogP contribution in [-0.4, -0.2) is 24.5 Å². The first kappa shape index (κ1) is 15.6. The van der Waals surface area contributed by atoms with Crippen molar-refractivity contribution < 1.29 is 9.18 Å². The van der Waals surface area contributed by atoms with E-state index in [9.17, 15) is 9.18 Å². The predicted molar refractivity (Wildman–Crippen MR) is 75.5 cm³/mol. The normalized spacial score (nSPS) is 13.9. The van der Waals surface area contributed by atoms with Crippen LogP contribution >= 0.6 is 0 Å². The van der Waals surface area contributed by atoms with Gasteiger partial charge in [0.15, 0.2) is 0 Å². The van der Waals surface area contributed by atoms with Crippen molar-refractivity contribution in [2.45, 2.75) is 45.7 Å². The maximum Gasteiger partial charge on any atom is 0.236 e. The molecule has 19 heavy (non-hydrogen) atoms. The average Bonchev–Trinajstić information content (AvgIpc) is 2.35. The van der Waals surface area contributed by atoms with Crippen molar-refractivity contribution in [3.63, 3.8) is 0 Å². The Hall–Kier alpha value is -1.42. The van der Waals surface area contributed by atoms with Crippen LogP contribution in [0.2, 0.25) is 0 Å². The first-order valence-corrected chi connectivity index (χ1v) is 6.81. The lowest BCUT2D eigenvalue weighted by molar-refractivity contribution is -0.122. The van der Waals surface area contributed by atoms with E-state index in [1.54, 1.807) is 6.07 Å². The summed E-state index contributed by atoms with van der Waals surface area (Å²) in [7, 11) is 0. The van der Waals surface area contributed by atoms with E-state index in [1.165, 1.54) is 12.1 Å². The molecule has 4 heteroatoms. The number of hydrogen-bond donors (Lipinski definition) is 2. The van der Waals surface area contributed by atoms with E-state index in [0.717, 1.165) is 12.0 Å². The molecule has 0 aliphatic carbocycles. The highest BCUT2D eigenvalue weighted by atomic mass is 19.1. The lowest BCUT2D eigenvalue weighted by Crippen LogP contribution is -2.46. The molecule has 2 unspecified atom stereocenters. The molecule has 1 rings (SSSR count). The highest BCUT2D eigenvalue weighted by Gasteiger charge is 2.14. The lowest BCUT2D eigenvalue weighted by Gasteiger charge is -2.19. The molecule has 0 bridgehead atoms. The first-order chi connectivity index (χ1) is 9.02. The third-order valence-corrected chi connectivity index (χ3v) is 2.91. The fourth-order valence-electron chi connectivity index (χ4n) is 1.98. The molecule has 0 aliphatic heterocycles. The topological polar surface area (TPSA) is 41.1 Å². The summed E-state index contributed by atoms with van der Waals surface area (Å²) >= 11 is 0. The van der Waals surface area contributed by atoms with Crippen LogP contribution in [0, 0.1) is 5.82 Å². The van der Waals surface area contributed by atoms with E-state index in [-0.39, 0.29) is 23.8 Å². The van der Waals surface area contributed by atoms with E-state index in [0.29, 0.717) is 13.0 Å². The van der Waals surface area contributed by atoms with Crippen LogP contribution in [0.25, 0.3) is 0 Å². The molecule has 106 valence electrons. The first-order valence-electron chi connectivity index (χ1n) is 6.81. The molecule has 0 radical (unpaired) electrons. The molecule has 1 aromatic rings. The number of benzene rings is 1. The molecule has 1 amide bonds. The van der Waals surface area contributed by atoms with Crippen molar-refractivity contribution in [2.75, 3.05) is 6.54 Å². The highest BCUT2D eigenvalue weighted by molar-refractivity contribution is 5.81. The number of hydrogen-bond acceptors (Lipinski definition) is 2. The Labute approximate surface area is 114 Å². The second kappa shape index (κ2) is 7.89. The number of rotatable bonds is 7. The van der Waals surface area contributed by atoms with E-state index in [1.807, 2.05) is 26.8 Å². The molecule has 0 saturated heterocycles. The summed E-state index contributed by atoms with van der Waals surface area (Å²) in [5, 5.41) is 6.07. The maximum atomic E-state index is 13.1. The van der Waals surface area contributed by atoms with Crippen LogP contribution in [0.15, 0.2) is 24.3 Å². The van der Waals surface area contributed by atoms with Crippen molar-refractivity contribution in [1.82, 2.24) is 10.6 Å². The predicted octanol–water partition coefficient (Wildman–Crippen LogP) is 2.26. The fourth-order valence-corrected chi connectivity index (χ4v) is 1.98. The molecule has 3 nitrogen and oxygen atoms in total. The third kappa shape index (κ3) is 5.83. The SMILES string of the molecule is CCCNC(=O)C(C)NC(C)Cc1cccc(F)c1. The molecule has 2 atom stereocenters. The zero-order valence-electron chi connectivity index (χ0n) is 11.9. The number of carbonyl (C=O) groups is 1. The van der Waals surface area contributed by atoms with Gasteiger partial charge in [-0.05, 0) is 44.4 Å². The van der Waals surface area contributed by atoms with Crippen molar-refractivity contribution in [1.29, 1.82) is 0 Å².